The molecule has 8 heteroatoms. The third kappa shape index (κ3) is 14.7. The van der Waals surface area contributed by atoms with Crippen LogP contribution in [0.3, 0.4) is 0 Å². The molecule has 2 aromatic carbocycles. The third-order valence-corrected chi connectivity index (χ3v) is 9.83. The van der Waals surface area contributed by atoms with Crippen LogP contribution in [0, 0.1) is 0 Å². The number of nitrogens with zero attached hydrogens (tertiary/aromatic N) is 3. The zero-order chi connectivity index (χ0) is 37.5. The van der Waals surface area contributed by atoms with Crippen LogP contribution in [0.2, 0.25) is 10.0 Å². The van der Waals surface area contributed by atoms with Crippen LogP contribution in [0.25, 0.3) is 10.9 Å². The number of carbonyl (C=O) groups is 1. The predicted octanol–water partition coefficient (Wildman–Crippen LogP) is 11.4. The molecule has 4 rings (SSSR count). The summed E-state index contributed by atoms with van der Waals surface area (Å²) in [6, 6.07) is 14.6. The minimum atomic E-state index is -0.319. The molecule has 6 nitrogen and oxygen atoms in total. The molecule has 0 saturated carbocycles. The fourth-order valence-corrected chi connectivity index (χ4v) is 6.51. The SMILES string of the molecule is CCC=CCC=CCC=CCC=CCC=CCC=CCCC(=O)n1c(=O)ccc2ccc(OCCCCN3CCN(c4cccc(Cl)c4Cl)CC3)cc21. The van der Waals surface area contributed by atoms with Gasteiger partial charge in [-0.2, -0.15) is 0 Å². The van der Waals surface area contributed by atoms with Gasteiger partial charge in [-0.25, -0.2) is 4.57 Å². The number of piperazine rings is 1. The van der Waals surface area contributed by atoms with Gasteiger partial charge in [0.15, 0.2) is 0 Å². The molecule has 1 aromatic heterocycles. The second kappa shape index (κ2) is 24.3. The van der Waals surface area contributed by atoms with Gasteiger partial charge in [-0.05, 0) is 100 Å². The molecule has 0 atom stereocenters. The highest BCUT2D eigenvalue weighted by Gasteiger charge is 2.19. The molecule has 0 radical (unpaired) electrons. The lowest BCUT2D eigenvalue weighted by atomic mass is 10.2. The maximum Gasteiger partial charge on any atom is 0.257 e. The highest BCUT2D eigenvalue weighted by atomic mass is 35.5. The highest BCUT2D eigenvalue weighted by Crippen LogP contribution is 2.33. The Kier molecular flexibility index (Phi) is 19.1. The van der Waals surface area contributed by atoms with Gasteiger partial charge in [-0.1, -0.05) is 109 Å². The highest BCUT2D eigenvalue weighted by molar-refractivity contribution is 6.43. The number of fused-ring (bicyclic) bond motifs is 1. The molecule has 1 aliphatic rings. The fourth-order valence-electron chi connectivity index (χ4n) is 6.09. The van der Waals surface area contributed by atoms with Crippen molar-refractivity contribution in [2.24, 2.45) is 0 Å². The first kappa shape index (κ1) is 41.7. The molecule has 0 bridgehead atoms. The maximum absolute atomic E-state index is 13.2. The zero-order valence-electron chi connectivity index (χ0n) is 31.2. The van der Waals surface area contributed by atoms with Gasteiger partial charge in [-0.3, -0.25) is 14.5 Å². The quantitative estimate of drug-likeness (QED) is 0.0800. The summed E-state index contributed by atoms with van der Waals surface area (Å²) in [6.45, 7) is 7.49. The Bertz CT molecular complexity index is 1810. The second-order valence-electron chi connectivity index (χ2n) is 13.0. The van der Waals surface area contributed by atoms with Crippen molar-refractivity contribution in [3.05, 3.63) is 142 Å². The topological polar surface area (TPSA) is 54.8 Å². The molecule has 0 N–H and O–H groups in total. The first-order valence-corrected chi connectivity index (χ1v) is 19.9. The van der Waals surface area contributed by atoms with Crippen molar-refractivity contribution in [3.8, 4) is 5.75 Å². The van der Waals surface area contributed by atoms with Gasteiger partial charge in [0, 0.05) is 44.7 Å². The van der Waals surface area contributed by atoms with Crippen molar-refractivity contribution in [2.75, 3.05) is 44.2 Å². The third-order valence-electron chi connectivity index (χ3n) is 9.02. The van der Waals surface area contributed by atoms with Crippen molar-refractivity contribution >= 4 is 45.7 Å². The molecule has 3 aromatic rings. The summed E-state index contributed by atoms with van der Waals surface area (Å²) in [5, 5.41) is 2.04. The van der Waals surface area contributed by atoms with E-state index in [1.54, 1.807) is 6.07 Å². The van der Waals surface area contributed by atoms with E-state index in [0.29, 0.717) is 34.3 Å². The van der Waals surface area contributed by atoms with Crippen LogP contribution in [0.4, 0.5) is 5.69 Å². The summed E-state index contributed by atoms with van der Waals surface area (Å²) in [5.74, 6) is 0.448. The Hall–Kier alpha value is -4.10. The number of rotatable bonds is 21. The van der Waals surface area contributed by atoms with E-state index in [9.17, 15) is 9.59 Å². The van der Waals surface area contributed by atoms with E-state index in [0.717, 1.165) is 95.2 Å². The Morgan fingerprint density at radius 1 is 0.736 bits per heavy atom. The predicted molar refractivity (Wildman–Crippen MR) is 226 cm³/mol. The van der Waals surface area contributed by atoms with Crippen LogP contribution in [0.5, 0.6) is 5.75 Å². The summed E-state index contributed by atoms with van der Waals surface area (Å²) in [4.78, 5) is 30.8. The molecule has 1 fully saturated rings. The van der Waals surface area contributed by atoms with Crippen molar-refractivity contribution in [1.82, 2.24) is 9.47 Å². The minimum absolute atomic E-state index is 0.213. The van der Waals surface area contributed by atoms with Crippen LogP contribution < -0.4 is 15.2 Å². The number of aromatic nitrogens is 1. The van der Waals surface area contributed by atoms with E-state index in [1.165, 1.54) is 10.6 Å². The molecule has 282 valence electrons. The van der Waals surface area contributed by atoms with Crippen LogP contribution in [0.1, 0.15) is 75.9 Å². The molecule has 53 heavy (non-hydrogen) atoms. The smallest absolute Gasteiger partial charge is 0.257 e. The number of pyridine rings is 1. The second-order valence-corrected chi connectivity index (χ2v) is 13.8. The van der Waals surface area contributed by atoms with Crippen LogP contribution in [0.15, 0.2) is 126 Å². The molecule has 1 aliphatic heterocycles. The molecule has 0 spiro atoms. The van der Waals surface area contributed by atoms with Crippen molar-refractivity contribution < 1.29 is 9.53 Å². The fraction of sp³-hybridized carbons (Fsp3) is 0.378. The van der Waals surface area contributed by atoms with E-state index in [4.69, 9.17) is 27.9 Å². The van der Waals surface area contributed by atoms with Gasteiger partial charge in [-0.15, -0.1) is 0 Å². The van der Waals surface area contributed by atoms with Gasteiger partial charge < -0.3 is 9.64 Å². The number of carbonyl (C=O) groups excluding carboxylic acids is 1. The summed E-state index contributed by atoms with van der Waals surface area (Å²) >= 11 is 12.6. The Balaban J connectivity index is 1.12. The normalized spacial score (nSPS) is 14.5. The average molecular weight is 757 g/mol. The van der Waals surface area contributed by atoms with E-state index < -0.39 is 0 Å². The molecule has 2 heterocycles. The lowest BCUT2D eigenvalue weighted by molar-refractivity contribution is 0.0905. The summed E-state index contributed by atoms with van der Waals surface area (Å²) in [7, 11) is 0. The van der Waals surface area contributed by atoms with Crippen molar-refractivity contribution in [2.45, 2.75) is 71.1 Å². The molecule has 0 amide bonds. The lowest BCUT2D eigenvalue weighted by Gasteiger charge is -2.36. The van der Waals surface area contributed by atoms with E-state index in [2.05, 4.69) is 83.6 Å². The Morgan fingerprint density at radius 2 is 1.34 bits per heavy atom. The van der Waals surface area contributed by atoms with E-state index >= 15 is 0 Å². The summed E-state index contributed by atoms with van der Waals surface area (Å²) < 4.78 is 7.36. The Morgan fingerprint density at radius 3 is 1.98 bits per heavy atom. The average Bonchev–Trinajstić information content (AvgIpc) is 3.16. The number of ether oxygens (including phenoxy) is 1. The molecular formula is C45H55Cl2N3O3. The minimum Gasteiger partial charge on any atom is -0.494 e. The van der Waals surface area contributed by atoms with Crippen molar-refractivity contribution in [1.29, 1.82) is 0 Å². The first-order chi connectivity index (χ1) is 26.0. The van der Waals surface area contributed by atoms with Gasteiger partial charge in [0.05, 0.1) is 27.9 Å². The van der Waals surface area contributed by atoms with Crippen LogP contribution >= 0.6 is 23.2 Å². The largest absolute Gasteiger partial charge is 0.494 e. The number of allylic oxidation sites excluding steroid dienone is 12. The number of benzene rings is 2. The molecular weight excluding hydrogens is 701 g/mol. The van der Waals surface area contributed by atoms with Gasteiger partial charge in [0.2, 0.25) is 5.91 Å². The number of unbranched alkanes of at least 4 members (excludes halogenated alkanes) is 1. The van der Waals surface area contributed by atoms with Crippen LogP contribution in [-0.4, -0.2) is 54.7 Å². The van der Waals surface area contributed by atoms with Gasteiger partial charge in [0.25, 0.3) is 5.56 Å². The van der Waals surface area contributed by atoms with E-state index in [-0.39, 0.29) is 17.9 Å². The lowest BCUT2D eigenvalue weighted by Crippen LogP contribution is -2.46. The maximum atomic E-state index is 13.2. The summed E-state index contributed by atoms with van der Waals surface area (Å²) in [6.07, 6.45) is 34.4. The van der Waals surface area contributed by atoms with Crippen molar-refractivity contribution in [3.63, 3.8) is 0 Å². The first-order valence-electron chi connectivity index (χ1n) is 19.1. The van der Waals surface area contributed by atoms with Crippen LogP contribution in [-0.2, 0) is 0 Å². The number of halogens is 2. The zero-order valence-corrected chi connectivity index (χ0v) is 32.7. The molecule has 1 saturated heterocycles. The number of hydrogen-bond acceptors (Lipinski definition) is 5. The number of hydrogen-bond donors (Lipinski definition) is 0. The van der Waals surface area contributed by atoms with Gasteiger partial charge in [0.1, 0.15) is 5.75 Å². The molecule has 0 unspecified atom stereocenters. The van der Waals surface area contributed by atoms with E-state index in [1.807, 2.05) is 42.5 Å². The van der Waals surface area contributed by atoms with Gasteiger partial charge >= 0.3 is 0 Å². The molecule has 0 aliphatic carbocycles. The standard InChI is InChI=1S/C45H55Cl2N3O3/c1-2-3-4-5-6-7-8-9-10-11-12-13-14-15-16-17-18-19-20-26-43(51)50-42-37-39(29-27-38(42)28-30-44(50)52)53-36-22-21-31-48-32-34-49(35-33-48)41-25-23-24-40(46)45(41)47/h3-4,6-7,9-10,12-13,15-16,18-19,23-25,27-30,37H,2,5,8,11,14,17,20-22,26,31-36H2,1H3. The summed E-state index contributed by atoms with van der Waals surface area (Å²) in [5.41, 5.74) is 1.26. The monoisotopic (exact) mass is 755 g/mol. The number of anilines is 1. The Labute approximate surface area is 326 Å².